The maximum atomic E-state index is 12.9. The van der Waals surface area contributed by atoms with Crippen LogP contribution in [0.3, 0.4) is 0 Å². The van der Waals surface area contributed by atoms with Crippen molar-refractivity contribution in [1.82, 2.24) is 15.1 Å². The summed E-state index contributed by atoms with van der Waals surface area (Å²) in [7, 11) is 1.67. The Hall–Kier alpha value is -2.86. The van der Waals surface area contributed by atoms with E-state index >= 15 is 0 Å². The van der Waals surface area contributed by atoms with Crippen molar-refractivity contribution in [2.45, 2.75) is 31.7 Å². The molecule has 2 saturated heterocycles. The van der Waals surface area contributed by atoms with Gasteiger partial charge in [0.2, 0.25) is 11.8 Å². The fourth-order valence-corrected chi connectivity index (χ4v) is 4.75. The molecule has 2 amide bonds. The molecule has 2 aromatic rings. The van der Waals surface area contributed by atoms with Gasteiger partial charge in [-0.15, -0.1) is 0 Å². The number of carbonyl (C=O) groups is 2. The minimum absolute atomic E-state index is 0.0155. The van der Waals surface area contributed by atoms with Gasteiger partial charge in [-0.25, -0.2) is 0 Å². The van der Waals surface area contributed by atoms with Gasteiger partial charge in [-0.3, -0.25) is 14.5 Å². The van der Waals surface area contributed by atoms with Crippen LogP contribution in [0.5, 0.6) is 5.75 Å². The van der Waals surface area contributed by atoms with E-state index in [1.54, 1.807) is 7.11 Å². The quantitative estimate of drug-likeness (QED) is 0.658. The lowest BCUT2D eigenvalue weighted by atomic mass is 10.0. The molecule has 0 bridgehead atoms. The monoisotopic (exact) mass is 435 g/mol. The van der Waals surface area contributed by atoms with Crippen LogP contribution in [-0.4, -0.2) is 61.4 Å². The molecule has 2 heterocycles. The van der Waals surface area contributed by atoms with Crippen LogP contribution < -0.4 is 10.1 Å². The maximum Gasteiger partial charge on any atom is 0.225 e. The van der Waals surface area contributed by atoms with Gasteiger partial charge in [-0.2, -0.15) is 0 Å². The van der Waals surface area contributed by atoms with Crippen LogP contribution in [-0.2, 0) is 16.0 Å². The SMILES string of the molecule is COc1ccc(C(CNC(=O)C2CC(=O)N(CCc3ccccc3)C2)N2CCCC2)cc1. The molecule has 0 spiro atoms. The van der Waals surface area contributed by atoms with Gasteiger partial charge in [0.05, 0.1) is 19.1 Å². The smallest absolute Gasteiger partial charge is 0.225 e. The Balaban J connectivity index is 1.32. The summed E-state index contributed by atoms with van der Waals surface area (Å²) in [6.07, 6.45) is 3.50. The zero-order valence-electron chi connectivity index (χ0n) is 18.8. The number of nitrogens with zero attached hydrogens (tertiary/aromatic N) is 2. The van der Waals surface area contributed by atoms with E-state index < -0.39 is 0 Å². The van der Waals surface area contributed by atoms with E-state index in [4.69, 9.17) is 4.74 Å². The van der Waals surface area contributed by atoms with Crippen molar-refractivity contribution in [2.75, 3.05) is 39.8 Å². The number of likely N-dealkylation sites (tertiary alicyclic amines) is 2. The normalized spacial score (nSPS) is 19.8. The summed E-state index contributed by atoms with van der Waals surface area (Å²) >= 11 is 0. The molecule has 2 unspecified atom stereocenters. The Morgan fingerprint density at radius 1 is 1.09 bits per heavy atom. The number of rotatable bonds is 9. The first kappa shape index (κ1) is 22.3. The topological polar surface area (TPSA) is 61.9 Å². The Bertz CT molecular complexity index is 894. The highest BCUT2D eigenvalue weighted by atomic mass is 16.5. The summed E-state index contributed by atoms with van der Waals surface area (Å²) in [5.74, 6) is 0.622. The molecule has 0 saturated carbocycles. The summed E-state index contributed by atoms with van der Waals surface area (Å²) in [5.41, 5.74) is 2.39. The highest BCUT2D eigenvalue weighted by Gasteiger charge is 2.34. The van der Waals surface area contributed by atoms with E-state index in [9.17, 15) is 9.59 Å². The predicted molar refractivity (Wildman–Crippen MR) is 124 cm³/mol. The minimum Gasteiger partial charge on any atom is -0.497 e. The summed E-state index contributed by atoms with van der Waals surface area (Å²) in [5, 5.41) is 3.15. The van der Waals surface area contributed by atoms with Crippen LogP contribution in [0.25, 0.3) is 0 Å². The van der Waals surface area contributed by atoms with Crippen LogP contribution >= 0.6 is 0 Å². The van der Waals surface area contributed by atoms with E-state index in [1.807, 2.05) is 35.2 Å². The molecule has 4 rings (SSSR count). The van der Waals surface area contributed by atoms with Crippen LogP contribution in [0.1, 0.15) is 36.4 Å². The molecule has 170 valence electrons. The predicted octanol–water partition coefficient (Wildman–Crippen LogP) is 3.04. The van der Waals surface area contributed by atoms with Crippen molar-refractivity contribution in [3.05, 3.63) is 65.7 Å². The van der Waals surface area contributed by atoms with Gasteiger partial charge in [-0.05, 0) is 55.6 Å². The Labute approximate surface area is 190 Å². The van der Waals surface area contributed by atoms with Gasteiger partial charge in [0.25, 0.3) is 0 Å². The first-order valence-electron chi connectivity index (χ1n) is 11.6. The second kappa shape index (κ2) is 10.6. The van der Waals surface area contributed by atoms with Gasteiger partial charge in [0.1, 0.15) is 5.75 Å². The molecule has 1 N–H and O–H groups in total. The number of amides is 2. The number of hydrogen-bond acceptors (Lipinski definition) is 4. The summed E-state index contributed by atoms with van der Waals surface area (Å²) in [6, 6.07) is 18.4. The molecular weight excluding hydrogens is 402 g/mol. The number of nitrogens with one attached hydrogen (secondary N) is 1. The van der Waals surface area contributed by atoms with Gasteiger partial charge in [0.15, 0.2) is 0 Å². The van der Waals surface area contributed by atoms with Crippen molar-refractivity contribution in [1.29, 1.82) is 0 Å². The van der Waals surface area contributed by atoms with E-state index in [2.05, 4.69) is 34.5 Å². The van der Waals surface area contributed by atoms with Gasteiger partial charge in [0, 0.05) is 26.1 Å². The van der Waals surface area contributed by atoms with Crippen molar-refractivity contribution in [3.8, 4) is 5.75 Å². The lowest BCUT2D eigenvalue weighted by molar-refractivity contribution is -0.129. The standard InChI is InChI=1S/C26H33N3O3/c1-32-23-11-9-21(10-12-23)24(28-14-5-6-15-28)18-27-26(31)22-17-25(30)29(19-22)16-13-20-7-3-2-4-8-20/h2-4,7-12,22,24H,5-6,13-19H2,1H3,(H,27,31). The molecular formula is C26H33N3O3. The summed E-state index contributed by atoms with van der Waals surface area (Å²) < 4.78 is 5.29. The highest BCUT2D eigenvalue weighted by Crippen LogP contribution is 2.27. The maximum absolute atomic E-state index is 12.9. The number of benzene rings is 2. The molecule has 0 radical (unpaired) electrons. The lowest BCUT2D eigenvalue weighted by Gasteiger charge is -2.28. The molecule has 0 aromatic heterocycles. The number of hydrogen-bond donors (Lipinski definition) is 1. The molecule has 0 aliphatic carbocycles. The zero-order chi connectivity index (χ0) is 22.3. The molecule has 6 heteroatoms. The minimum atomic E-state index is -0.270. The molecule has 2 aliphatic rings. The first-order chi connectivity index (χ1) is 15.6. The molecule has 2 atom stereocenters. The Kier molecular flexibility index (Phi) is 7.43. The van der Waals surface area contributed by atoms with E-state index in [-0.39, 0.29) is 23.8 Å². The van der Waals surface area contributed by atoms with E-state index in [0.717, 1.165) is 25.3 Å². The average Bonchev–Trinajstić information content (AvgIpc) is 3.49. The van der Waals surface area contributed by atoms with Crippen molar-refractivity contribution in [2.24, 2.45) is 5.92 Å². The molecule has 2 aliphatic heterocycles. The summed E-state index contributed by atoms with van der Waals surface area (Å²) in [4.78, 5) is 29.7. The van der Waals surface area contributed by atoms with Gasteiger partial charge < -0.3 is 15.0 Å². The molecule has 32 heavy (non-hydrogen) atoms. The first-order valence-corrected chi connectivity index (χ1v) is 11.6. The summed E-state index contributed by atoms with van der Waals surface area (Å²) in [6.45, 7) is 3.81. The van der Waals surface area contributed by atoms with E-state index in [1.165, 1.54) is 24.0 Å². The highest BCUT2D eigenvalue weighted by molar-refractivity contribution is 5.89. The lowest BCUT2D eigenvalue weighted by Crippen LogP contribution is -2.40. The van der Waals surface area contributed by atoms with E-state index in [0.29, 0.717) is 26.1 Å². The average molecular weight is 436 g/mol. The third-order valence-electron chi connectivity index (χ3n) is 6.65. The number of carbonyl (C=O) groups excluding carboxylic acids is 2. The fourth-order valence-electron chi connectivity index (χ4n) is 4.75. The number of methoxy groups -OCH3 is 1. The van der Waals surface area contributed by atoms with Gasteiger partial charge >= 0.3 is 0 Å². The number of ether oxygens (including phenoxy) is 1. The zero-order valence-corrected chi connectivity index (χ0v) is 18.8. The van der Waals surface area contributed by atoms with Crippen molar-refractivity contribution < 1.29 is 14.3 Å². The molecule has 2 fully saturated rings. The van der Waals surface area contributed by atoms with Crippen LogP contribution in [0.4, 0.5) is 0 Å². The van der Waals surface area contributed by atoms with Crippen molar-refractivity contribution in [3.63, 3.8) is 0 Å². The van der Waals surface area contributed by atoms with Crippen LogP contribution in [0.2, 0.25) is 0 Å². The van der Waals surface area contributed by atoms with Gasteiger partial charge in [-0.1, -0.05) is 42.5 Å². The molecule has 6 nitrogen and oxygen atoms in total. The molecule has 2 aromatic carbocycles. The Morgan fingerprint density at radius 3 is 2.50 bits per heavy atom. The fraction of sp³-hybridized carbons (Fsp3) is 0.462. The largest absolute Gasteiger partial charge is 0.497 e. The third kappa shape index (κ3) is 5.49. The second-order valence-electron chi connectivity index (χ2n) is 8.75. The second-order valence-corrected chi connectivity index (χ2v) is 8.75. The van der Waals surface area contributed by atoms with Crippen LogP contribution in [0.15, 0.2) is 54.6 Å². The van der Waals surface area contributed by atoms with Crippen molar-refractivity contribution >= 4 is 11.8 Å². The third-order valence-corrected chi connectivity index (χ3v) is 6.65. The van der Waals surface area contributed by atoms with Crippen LogP contribution in [0, 0.1) is 5.92 Å². The Morgan fingerprint density at radius 2 is 1.81 bits per heavy atom.